The second-order valence-electron chi connectivity index (χ2n) is 2.38. The lowest BCUT2D eigenvalue weighted by Gasteiger charge is -2.06. The van der Waals surface area contributed by atoms with Gasteiger partial charge in [0.15, 0.2) is 11.5 Å². The molecule has 0 fully saturated rings. The number of methoxy groups -OCH3 is 1. The highest BCUT2D eigenvalue weighted by Crippen LogP contribution is 2.29. The van der Waals surface area contributed by atoms with Gasteiger partial charge in [-0.15, -0.1) is 0 Å². The Kier molecular flexibility index (Phi) is 3.06. The largest absolute Gasteiger partial charge is 0.504 e. The Morgan fingerprint density at radius 3 is 3.00 bits per heavy atom. The average Bonchev–Trinajstić information content (AvgIpc) is 2.15. The Balaban J connectivity index is 3.04. The topological polar surface area (TPSA) is 58.9 Å². The molecule has 0 amide bonds. The molecule has 1 aromatic rings. The third-order valence-corrected chi connectivity index (χ3v) is 1.59. The molecular formula is C9H9NO3. The number of phenols is 1. The maximum atomic E-state index is 9.87. The average molecular weight is 179 g/mol. The van der Waals surface area contributed by atoms with E-state index in [1.165, 1.54) is 19.3 Å². The van der Waals surface area contributed by atoms with Crippen LogP contribution in [0.2, 0.25) is 0 Å². The first-order valence-electron chi connectivity index (χ1n) is 3.68. The maximum Gasteiger partial charge on any atom is 0.235 e. The monoisotopic (exact) mass is 179 g/mol. The molecule has 0 atom stereocenters. The minimum atomic E-state index is 0.0427. The molecule has 0 aromatic heterocycles. The zero-order chi connectivity index (χ0) is 9.68. The maximum absolute atomic E-state index is 9.87. The molecule has 4 nitrogen and oxygen atoms in total. The molecule has 0 aliphatic carbocycles. The second kappa shape index (κ2) is 4.28. The van der Waals surface area contributed by atoms with E-state index in [-0.39, 0.29) is 12.3 Å². The number of aromatic hydroxyl groups is 1. The van der Waals surface area contributed by atoms with Crippen LogP contribution in [-0.2, 0) is 11.3 Å². The van der Waals surface area contributed by atoms with Gasteiger partial charge < -0.3 is 9.84 Å². The van der Waals surface area contributed by atoms with Gasteiger partial charge in [-0.25, -0.2) is 9.79 Å². The number of aliphatic imine (C=N–C) groups is 1. The van der Waals surface area contributed by atoms with E-state index < -0.39 is 0 Å². The van der Waals surface area contributed by atoms with Crippen molar-refractivity contribution in [1.82, 2.24) is 0 Å². The smallest absolute Gasteiger partial charge is 0.235 e. The molecule has 0 aliphatic heterocycles. The number of phenolic OH excluding ortho intramolecular Hbond substituents is 1. The Morgan fingerprint density at radius 1 is 1.62 bits per heavy atom. The number of nitrogens with zero attached hydrogens (tertiary/aromatic N) is 1. The zero-order valence-electron chi connectivity index (χ0n) is 7.15. The Morgan fingerprint density at radius 2 is 2.38 bits per heavy atom. The summed E-state index contributed by atoms with van der Waals surface area (Å²) in [6.07, 6.45) is 1.42. The summed E-state index contributed by atoms with van der Waals surface area (Å²) >= 11 is 0. The van der Waals surface area contributed by atoms with Gasteiger partial charge in [0.25, 0.3) is 0 Å². The molecule has 1 aromatic carbocycles. The minimum Gasteiger partial charge on any atom is -0.504 e. The first kappa shape index (κ1) is 9.29. The molecule has 0 saturated carbocycles. The summed E-state index contributed by atoms with van der Waals surface area (Å²) in [7, 11) is 1.45. The third-order valence-electron chi connectivity index (χ3n) is 1.59. The van der Waals surface area contributed by atoms with Crippen LogP contribution in [0.25, 0.3) is 0 Å². The summed E-state index contributed by atoms with van der Waals surface area (Å²) in [6, 6.07) is 4.89. The van der Waals surface area contributed by atoms with Crippen molar-refractivity contribution in [2.24, 2.45) is 4.99 Å². The molecule has 0 bridgehead atoms. The van der Waals surface area contributed by atoms with Gasteiger partial charge in [-0.05, 0) is 6.07 Å². The van der Waals surface area contributed by atoms with E-state index in [9.17, 15) is 9.90 Å². The van der Waals surface area contributed by atoms with Gasteiger partial charge in [0.05, 0.1) is 13.7 Å². The fraction of sp³-hybridized carbons (Fsp3) is 0.222. The highest BCUT2D eigenvalue weighted by molar-refractivity contribution is 5.46. The van der Waals surface area contributed by atoms with E-state index in [1.807, 2.05) is 0 Å². The number of isocyanates is 1. The van der Waals surface area contributed by atoms with Crippen LogP contribution >= 0.6 is 0 Å². The van der Waals surface area contributed by atoms with Crippen LogP contribution in [-0.4, -0.2) is 18.3 Å². The Hall–Kier alpha value is -1.80. The minimum absolute atomic E-state index is 0.0427. The van der Waals surface area contributed by atoms with Gasteiger partial charge in [0, 0.05) is 5.56 Å². The summed E-state index contributed by atoms with van der Waals surface area (Å²) in [5, 5.41) is 9.33. The van der Waals surface area contributed by atoms with Crippen molar-refractivity contribution in [2.75, 3.05) is 7.11 Å². The highest BCUT2D eigenvalue weighted by atomic mass is 16.5. The van der Waals surface area contributed by atoms with Crippen molar-refractivity contribution >= 4 is 6.08 Å². The molecule has 13 heavy (non-hydrogen) atoms. The second-order valence-corrected chi connectivity index (χ2v) is 2.38. The molecule has 0 heterocycles. The standard InChI is InChI=1S/C9H9NO3/c1-13-9-7(5-10-6-11)3-2-4-8(9)12/h2-4,12H,5H2,1H3. The first-order valence-corrected chi connectivity index (χ1v) is 3.68. The molecule has 68 valence electrons. The number of hydrogen-bond donors (Lipinski definition) is 1. The van der Waals surface area contributed by atoms with Crippen molar-refractivity contribution in [1.29, 1.82) is 0 Å². The summed E-state index contributed by atoms with van der Waals surface area (Å²) in [5.41, 5.74) is 0.658. The van der Waals surface area contributed by atoms with E-state index in [2.05, 4.69) is 4.99 Å². The lowest BCUT2D eigenvalue weighted by molar-refractivity contribution is 0.369. The molecule has 0 spiro atoms. The molecular weight excluding hydrogens is 170 g/mol. The lowest BCUT2D eigenvalue weighted by atomic mass is 10.2. The van der Waals surface area contributed by atoms with Crippen molar-refractivity contribution in [3.05, 3.63) is 23.8 Å². The molecule has 0 unspecified atom stereocenters. The van der Waals surface area contributed by atoms with Gasteiger partial charge in [0.2, 0.25) is 6.08 Å². The first-order chi connectivity index (χ1) is 6.29. The fourth-order valence-corrected chi connectivity index (χ4v) is 1.05. The fourth-order valence-electron chi connectivity index (χ4n) is 1.05. The van der Waals surface area contributed by atoms with Crippen LogP contribution in [0.3, 0.4) is 0 Å². The van der Waals surface area contributed by atoms with Gasteiger partial charge in [-0.3, -0.25) is 0 Å². The third kappa shape index (κ3) is 2.07. The number of carbonyl (C=O) groups excluding carboxylic acids is 1. The van der Waals surface area contributed by atoms with Crippen LogP contribution < -0.4 is 4.74 Å². The van der Waals surface area contributed by atoms with E-state index in [0.717, 1.165) is 0 Å². The summed E-state index contributed by atoms with van der Waals surface area (Å²) < 4.78 is 4.93. The van der Waals surface area contributed by atoms with Gasteiger partial charge in [0.1, 0.15) is 0 Å². The SMILES string of the molecule is COc1c(O)cccc1CN=C=O. The predicted molar refractivity (Wildman–Crippen MR) is 46.5 cm³/mol. The summed E-state index contributed by atoms with van der Waals surface area (Å²) in [5.74, 6) is 0.391. The number of ether oxygens (including phenoxy) is 1. The van der Waals surface area contributed by atoms with Crippen molar-refractivity contribution in [2.45, 2.75) is 6.54 Å². The van der Waals surface area contributed by atoms with Crippen molar-refractivity contribution < 1.29 is 14.6 Å². The van der Waals surface area contributed by atoms with Crippen LogP contribution in [0.15, 0.2) is 23.2 Å². The van der Waals surface area contributed by atoms with E-state index in [0.29, 0.717) is 11.3 Å². The summed E-state index contributed by atoms with van der Waals surface area (Å²) in [6.45, 7) is 0.168. The van der Waals surface area contributed by atoms with E-state index >= 15 is 0 Å². The van der Waals surface area contributed by atoms with Gasteiger partial charge in [-0.2, -0.15) is 0 Å². The molecule has 1 N–H and O–H groups in total. The van der Waals surface area contributed by atoms with Crippen LogP contribution in [0.4, 0.5) is 0 Å². The van der Waals surface area contributed by atoms with Crippen molar-refractivity contribution in [3.63, 3.8) is 0 Å². The van der Waals surface area contributed by atoms with Crippen LogP contribution in [0.5, 0.6) is 11.5 Å². The van der Waals surface area contributed by atoms with E-state index in [4.69, 9.17) is 4.74 Å². The Labute approximate surface area is 75.5 Å². The quantitative estimate of drug-likeness (QED) is 0.561. The normalized spacial score (nSPS) is 9.00. The number of rotatable bonds is 3. The lowest BCUT2D eigenvalue weighted by Crippen LogP contribution is -1.90. The zero-order valence-corrected chi connectivity index (χ0v) is 7.15. The Bertz CT molecular complexity index is 343. The molecule has 1 rings (SSSR count). The van der Waals surface area contributed by atoms with Gasteiger partial charge in [-0.1, -0.05) is 12.1 Å². The van der Waals surface area contributed by atoms with Gasteiger partial charge >= 0.3 is 0 Å². The number of hydrogen-bond acceptors (Lipinski definition) is 4. The number of benzene rings is 1. The molecule has 0 radical (unpaired) electrons. The van der Waals surface area contributed by atoms with Crippen LogP contribution in [0, 0.1) is 0 Å². The molecule has 0 saturated heterocycles. The number of para-hydroxylation sites is 1. The van der Waals surface area contributed by atoms with Crippen LogP contribution in [0.1, 0.15) is 5.56 Å². The van der Waals surface area contributed by atoms with E-state index in [1.54, 1.807) is 12.1 Å². The molecule has 0 aliphatic rings. The predicted octanol–water partition coefficient (Wildman–Crippen LogP) is 1.24. The molecule has 4 heteroatoms. The highest BCUT2D eigenvalue weighted by Gasteiger charge is 2.06. The summed E-state index contributed by atoms with van der Waals surface area (Å²) in [4.78, 5) is 13.3. The van der Waals surface area contributed by atoms with Crippen molar-refractivity contribution in [3.8, 4) is 11.5 Å².